The second kappa shape index (κ2) is 4.99. The SMILES string of the molecule is Nc1ccc(S(=O)(=O)Nc2ccc(Cl)cc2)cc1O. The van der Waals surface area contributed by atoms with Crippen LogP contribution in [0, 0.1) is 0 Å². The fourth-order valence-electron chi connectivity index (χ4n) is 1.42. The second-order valence-electron chi connectivity index (χ2n) is 3.83. The molecule has 0 spiro atoms. The highest BCUT2D eigenvalue weighted by Crippen LogP contribution is 2.25. The van der Waals surface area contributed by atoms with E-state index in [2.05, 4.69) is 4.72 Å². The highest BCUT2D eigenvalue weighted by Gasteiger charge is 2.15. The van der Waals surface area contributed by atoms with Gasteiger partial charge in [-0.3, -0.25) is 4.72 Å². The number of anilines is 2. The molecule has 2 aromatic carbocycles. The third-order valence-corrected chi connectivity index (χ3v) is 4.04. The smallest absolute Gasteiger partial charge is 0.262 e. The summed E-state index contributed by atoms with van der Waals surface area (Å²) in [6.45, 7) is 0. The van der Waals surface area contributed by atoms with Gasteiger partial charge in [0.15, 0.2) is 0 Å². The van der Waals surface area contributed by atoms with E-state index in [0.717, 1.165) is 6.07 Å². The van der Waals surface area contributed by atoms with Gasteiger partial charge in [0.2, 0.25) is 0 Å². The van der Waals surface area contributed by atoms with Gasteiger partial charge in [0, 0.05) is 16.8 Å². The quantitative estimate of drug-likeness (QED) is 0.599. The Morgan fingerprint density at radius 3 is 2.32 bits per heavy atom. The summed E-state index contributed by atoms with van der Waals surface area (Å²) in [7, 11) is -3.77. The van der Waals surface area contributed by atoms with Gasteiger partial charge in [0.25, 0.3) is 10.0 Å². The Balaban J connectivity index is 2.32. The van der Waals surface area contributed by atoms with Gasteiger partial charge in [-0.05, 0) is 36.4 Å². The van der Waals surface area contributed by atoms with Gasteiger partial charge in [-0.25, -0.2) is 8.42 Å². The second-order valence-corrected chi connectivity index (χ2v) is 5.95. The third kappa shape index (κ3) is 3.10. The van der Waals surface area contributed by atoms with Crippen molar-refractivity contribution in [2.75, 3.05) is 10.5 Å². The molecule has 0 aromatic heterocycles. The van der Waals surface area contributed by atoms with Crippen LogP contribution >= 0.6 is 11.6 Å². The topological polar surface area (TPSA) is 92.4 Å². The molecule has 7 heteroatoms. The number of sulfonamides is 1. The van der Waals surface area contributed by atoms with Gasteiger partial charge < -0.3 is 10.8 Å². The van der Waals surface area contributed by atoms with Crippen molar-refractivity contribution in [2.24, 2.45) is 0 Å². The number of hydrogen-bond acceptors (Lipinski definition) is 4. The Bertz CT molecular complexity index is 699. The summed E-state index contributed by atoms with van der Waals surface area (Å²) in [5, 5.41) is 9.94. The first-order valence-corrected chi connectivity index (χ1v) is 7.11. The van der Waals surface area contributed by atoms with Crippen LogP contribution in [-0.2, 0) is 10.0 Å². The van der Waals surface area contributed by atoms with Crippen LogP contribution in [0.15, 0.2) is 47.4 Å². The molecule has 0 aliphatic heterocycles. The number of halogens is 1. The van der Waals surface area contributed by atoms with Gasteiger partial charge in [0.05, 0.1) is 10.6 Å². The Hall–Kier alpha value is -1.92. The molecule has 0 unspecified atom stereocenters. The number of rotatable bonds is 3. The molecule has 5 nitrogen and oxygen atoms in total. The molecule has 2 rings (SSSR count). The summed E-state index contributed by atoms with van der Waals surface area (Å²) >= 11 is 5.71. The molecule has 19 heavy (non-hydrogen) atoms. The van der Waals surface area contributed by atoms with E-state index in [-0.39, 0.29) is 16.3 Å². The van der Waals surface area contributed by atoms with Gasteiger partial charge in [-0.15, -0.1) is 0 Å². The largest absolute Gasteiger partial charge is 0.506 e. The molecule has 0 aliphatic rings. The van der Waals surface area contributed by atoms with Gasteiger partial charge >= 0.3 is 0 Å². The van der Waals surface area contributed by atoms with E-state index >= 15 is 0 Å². The average molecular weight is 299 g/mol. The first kappa shape index (κ1) is 13.5. The Labute approximate surface area is 115 Å². The first-order chi connectivity index (χ1) is 8.88. The number of benzene rings is 2. The number of phenols is 1. The molecule has 0 heterocycles. The zero-order chi connectivity index (χ0) is 14.0. The normalized spacial score (nSPS) is 11.2. The maximum absolute atomic E-state index is 12.1. The molecule has 0 aliphatic carbocycles. The molecule has 0 bridgehead atoms. The van der Waals surface area contributed by atoms with Crippen molar-refractivity contribution in [3.8, 4) is 5.75 Å². The minimum absolute atomic E-state index is 0.0749. The lowest BCUT2D eigenvalue weighted by Crippen LogP contribution is -2.12. The number of nitrogen functional groups attached to an aromatic ring is 1. The van der Waals surface area contributed by atoms with Crippen LogP contribution in [-0.4, -0.2) is 13.5 Å². The van der Waals surface area contributed by atoms with Gasteiger partial charge in [-0.1, -0.05) is 11.6 Å². The van der Waals surface area contributed by atoms with Crippen LogP contribution in [0.1, 0.15) is 0 Å². The summed E-state index contributed by atoms with van der Waals surface area (Å²) in [4.78, 5) is -0.0749. The molecule has 0 saturated carbocycles. The zero-order valence-corrected chi connectivity index (χ0v) is 11.2. The van der Waals surface area contributed by atoms with Crippen molar-refractivity contribution in [1.82, 2.24) is 0 Å². The van der Waals surface area contributed by atoms with Crippen molar-refractivity contribution in [1.29, 1.82) is 0 Å². The minimum Gasteiger partial charge on any atom is -0.506 e. The van der Waals surface area contributed by atoms with Crippen molar-refractivity contribution in [3.05, 3.63) is 47.5 Å². The van der Waals surface area contributed by atoms with E-state index in [1.807, 2.05) is 0 Å². The maximum Gasteiger partial charge on any atom is 0.262 e. The number of nitrogens with two attached hydrogens (primary N) is 1. The van der Waals surface area contributed by atoms with Gasteiger partial charge in [-0.2, -0.15) is 0 Å². The van der Waals surface area contributed by atoms with Crippen LogP contribution in [0.3, 0.4) is 0 Å². The lowest BCUT2D eigenvalue weighted by molar-refractivity contribution is 0.476. The Kier molecular flexibility index (Phi) is 3.55. The molecule has 0 fully saturated rings. The third-order valence-electron chi connectivity index (χ3n) is 2.41. The Morgan fingerprint density at radius 2 is 1.74 bits per heavy atom. The van der Waals surface area contributed by atoms with Crippen molar-refractivity contribution in [2.45, 2.75) is 4.90 Å². The highest BCUT2D eigenvalue weighted by molar-refractivity contribution is 7.92. The lowest BCUT2D eigenvalue weighted by atomic mass is 10.3. The van der Waals surface area contributed by atoms with Crippen LogP contribution in [0.25, 0.3) is 0 Å². The predicted molar refractivity (Wildman–Crippen MR) is 74.8 cm³/mol. The molecular weight excluding hydrogens is 288 g/mol. The fraction of sp³-hybridized carbons (Fsp3) is 0. The summed E-state index contributed by atoms with van der Waals surface area (Å²) in [6.07, 6.45) is 0. The molecule has 2 aromatic rings. The number of nitrogens with one attached hydrogen (secondary N) is 1. The summed E-state index contributed by atoms with van der Waals surface area (Å²) in [6, 6.07) is 9.94. The summed E-state index contributed by atoms with van der Waals surface area (Å²) < 4.78 is 26.5. The predicted octanol–water partition coefficient (Wildman–Crippen LogP) is 2.43. The average Bonchev–Trinajstić information content (AvgIpc) is 2.35. The monoisotopic (exact) mass is 298 g/mol. The summed E-state index contributed by atoms with van der Waals surface area (Å²) in [5.74, 6) is -0.279. The molecule has 0 radical (unpaired) electrons. The first-order valence-electron chi connectivity index (χ1n) is 5.25. The zero-order valence-electron chi connectivity index (χ0n) is 9.67. The molecule has 0 atom stereocenters. The van der Waals surface area contributed by atoms with E-state index in [0.29, 0.717) is 10.7 Å². The van der Waals surface area contributed by atoms with E-state index in [9.17, 15) is 13.5 Å². The molecule has 100 valence electrons. The molecular formula is C12H11ClN2O3S. The molecule has 0 saturated heterocycles. The van der Waals surface area contributed by atoms with Crippen LogP contribution in [0.4, 0.5) is 11.4 Å². The number of hydrogen-bond donors (Lipinski definition) is 3. The van der Waals surface area contributed by atoms with Crippen LogP contribution in [0.5, 0.6) is 5.75 Å². The van der Waals surface area contributed by atoms with Gasteiger partial charge in [0.1, 0.15) is 5.75 Å². The maximum atomic E-state index is 12.1. The Morgan fingerprint density at radius 1 is 1.11 bits per heavy atom. The number of phenolic OH excluding ortho intramolecular Hbond substituents is 1. The molecule has 0 amide bonds. The highest BCUT2D eigenvalue weighted by atomic mass is 35.5. The van der Waals surface area contributed by atoms with Crippen molar-refractivity contribution < 1.29 is 13.5 Å². The van der Waals surface area contributed by atoms with Crippen molar-refractivity contribution in [3.63, 3.8) is 0 Å². The number of aromatic hydroxyl groups is 1. The fourth-order valence-corrected chi connectivity index (χ4v) is 2.63. The van der Waals surface area contributed by atoms with E-state index < -0.39 is 10.0 Å². The van der Waals surface area contributed by atoms with E-state index in [4.69, 9.17) is 17.3 Å². The van der Waals surface area contributed by atoms with Crippen LogP contribution in [0.2, 0.25) is 5.02 Å². The van der Waals surface area contributed by atoms with E-state index in [1.165, 1.54) is 24.3 Å². The lowest BCUT2D eigenvalue weighted by Gasteiger charge is -2.09. The summed E-state index contributed by atoms with van der Waals surface area (Å²) in [5.41, 5.74) is 5.91. The minimum atomic E-state index is -3.77. The van der Waals surface area contributed by atoms with Crippen LogP contribution < -0.4 is 10.5 Å². The van der Waals surface area contributed by atoms with Crippen molar-refractivity contribution >= 4 is 33.0 Å². The molecule has 4 N–H and O–H groups in total. The standard InChI is InChI=1S/C12H11ClN2O3S/c13-8-1-3-9(4-2-8)15-19(17,18)10-5-6-11(14)12(16)7-10/h1-7,15-16H,14H2. The van der Waals surface area contributed by atoms with E-state index in [1.54, 1.807) is 12.1 Å².